The van der Waals surface area contributed by atoms with E-state index in [4.69, 9.17) is 0 Å². The molecule has 0 aliphatic rings. The van der Waals surface area contributed by atoms with Crippen LogP contribution in [0.5, 0.6) is 0 Å². The molecule has 17 heavy (non-hydrogen) atoms. The zero-order valence-corrected chi connectivity index (χ0v) is 9.41. The Morgan fingerprint density at radius 3 is 2.00 bits per heavy atom. The Balaban J connectivity index is 2.23. The first-order valence-corrected chi connectivity index (χ1v) is 5.59. The maximum absolute atomic E-state index is 11.3. The highest BCUT2D eigenvalue weighted by Crippen LogP contribution is 2.20. The molecule has 2 nitrogen and oxygen atoms in total. The van der Waals surface area contributed by atoms with Gasteiger partial charge in [-0.3, -0.25) is 4.79 Å². The molecular weight excluding hydrogens is 212 g/mol. The number of carboxylic acids is 1. The molecule has 0 spiro atoms. The van der Waals surface area contributed by atoms with Crippen LogP contribution in [0, 0.1) is 0 Å². The summed E-state index contributed by atoms with van der Waals surface area (Å²) in [6, 6.07) is 19.1. The summed E-state index contributed by atoms with van der Waals surface area (Å²) in [7, 11) is 0. The van der Waals surface area contributed by atoms with Gasteiger partial charge in [-0.2, -0.15) is 0 Å². The molecule has 1 N–H and O–H groups in total. The van der Waals surface area contributed by atoms with Crippen LogP contribution in [0.25, 0.3) is 0 Å². The Hall–Kier alpha value is -2.09. The third-order valence-corrected chi connectivity index (χ3v) is 2.78. The number of carbonyl (C=O) groups is 1. The Bertz CT molecular complexity index is 477. The number of aliphatic carboxylic acids is 1. The zero-order valence-electron chi connectivity index (χ0n) is 9.41. The van der Waals surface area contributed by atoms with Crippen LogP contribution in [-0.2, 0) is 11.2 Å². The largest absolute Gasteiger partial charge is 0.481 e. The maximum atomic E-state index is 11.3. The first-order chi connectivity index (χ1) is 8.27. The first-order valence-electron chi connectivity index (χ1n) is 5.59. The molecule has 0 heterocycles. The van der Waals surface area contributed by atoms with Crippen molar-refractivity contribution < 1.29 is 9.90 Å². The van der Waals surface area contributed by atoms with Crippen molar-refractivity contribution in [2.24, 2.45) is 0 Å². The van der Waals surface area contributed by atoms with E-state index in [0.717, 1.165) is 11.1 Å². The van der Waals surface area contributed by atoms with Crippen molar-refractivity contribution >= 4 is 5.97 Å². The van der Waals surface area contributed by atoms with Gasteiger partial charge in [0.1, 0.15) is 0 Å². The molecule has 2 heteroatoms. The van der Waals surface area contributed by atoms with Gasteiger partial charge >= 0.3 is 5.97 Å². The van der Waals surface area contributed by atoms with Gasteiger partial charge in [-0.1, -0.05) is 60.7 Å². The lowest BCUT2D eigenvalue weighted by molar-refractivity contribution is -0.138. The van der Waals surface area contributed by atoms with E-state index < -0.39 is 11.9 Å². The SMILES string of the molecule is O=C(O)[C@@H](Cc1ccccc1)c1ccccc1. The van der Waals surface area contributed by atoms with Crippen LogP contribution in [0.4, 0.5) is 0 Å². The first kappa shape index (κ1) is 11.4. The van der Waals surface area contributed by atoms with Gasteiger partial charge in [0.05, 0.1) is 5.92 Å². The van der Waals surface area contributed by atoms with Crippen LogP contribution in [0.2, 0.25) is 0 Å². The van der Waals surface area contributed by atoms with Crippen molar-refractivity contribution in [1.82, 2.24) is 0 Å². The zero-order chi connectivity index (χ0) is 12.1. The molecular formula is C15H14O2. The second kappa shape index (κ2) is 5.30. The molecule has 0 unspecified atom stereocenters. The summed E-state index contributed by atoms with van der Waals surface area (Å²) in [4.78, 5) is 11.3. The maximum Gasteiger partial charge on any atom is 0.311 e. The second-order valence-electron chi connectivity index (χ2n) is 3.99. The summed E-state index contributed by atoms with van der Waals surface area (Å²) >= 11 is 0. The predicted molar refractivity (Wildman–Crippen MR) is 67.0 cm³/mol. The molecule has 2 aromatic carbocycles. The highest BCUT2D eigenvalue weighted by Gasteiger charge is 2.19. The van der Waals surface area contributed by atoms with Crippen LogP contribution in [0.15, 0.2) is 60.7 Å². The number of carboxylic acid groups (broad SMARTS) is 1. The van der Waals surface area contributed by atoms with Crippen LogP contribution in [0.1, 0.15) is 17.0 Å². The van der Waals surface area contributed by atoms with E-state index >= 15 is 0 Å². The van der Waals surface area contributed by atoms with E-state index in [1.54, 1.807) is 0 Å². The molecule has 0 saturated heterocycles. The standard InChI is InChI=1S/C15H14O2/c16-15(17)14(13-9-5-2-6-10-13)11-12-7-3-1-4-8-12/h1-10,14H,11H2,(H,16,17)/t14-/m0/s1. The molecule has 0 aromatic heterocycles. The molecule has 0 aliphatic carbocycles. The Morgan fingerprint density at radius 2 is 1.47 bits per heavy atom. The van der Waals surface area contributed by atoms with Crippen molar-refractivity contribution in [3.63, 3.8) is 0 Å². The fraction of sp³-hybridized carbons (Fsp3) is 0.133. The minimum Gasteiger partial charge on any atom is -0.481 e. The number of rotatable bonds is 4. The van der Waals surface area contributed by atoms with E-state index in [2.05, 4.69) is 0 Å². The van der Waals surface area contributed by atoms with Gasteiger partial charge in [-0.25, -0.2) is 0 Å². The summed E-state index contributed by atoms with van der Waals surface area (Å²) in [6.07, 6.45) is 0.528. The third-order valence-electron chi connectivity index (χ3n) is 2.78. The van der Waals surface area contributed by atoms with Gasteiger partial charge in [0, 0.05) is 0 Å². The van der Waals surface area contributed by atoms with Crippen LogP contribution in [-0.4, -0.2) is 11.1 Å². The summed E-state index contributed by atoms with van der Waals surface area (Å²) in [5, 5.41) is 9.29. The van der Waals surface area contributed by atoms with Crippen LogP contribution >= 0.6 is 0 Å². The fourth-order valence-electron chi connectivity index (χ4n) is 1.88. The number of benzene rings is 2. The van der Waals surface area contributed by atoms with Crippen molar-refractivity contribution in [3.05, 3.63) is 71.8 Å². The topological polar surface area (TPSA) is 37.3 Å². The van der Waals surface area contributed by atoms with Crippen molar-refractivity contribution in [2.75, 3.05) is 0 Å². The molecule has 86 valence electrons. The molecule has 0 amide bonds. The van der Waals surface area contributed by atoms with Gasteiger partial charge in [-0.05, 0) is 17.5 Å². The molecule has 2 aromatic rings. The summed E-state index contributed by atoms with van der Waals surface area (Å²) < 4.78 is 0. The summed E-state index contributed by atoms with van der Waals surface area (Å²) in [5.41, 5.74) is 1.90. The molecule has 0 aliphatic heterocycles. The average molecular weight is 226 g/mol. The molecule has 1 atom stereocenters. The fourth-order valence-corrected chi connectivity index (χ4v) is 1.88. The highest BCUT2D eigenvalue weighted by molar-refractivity contribution is 5.76. The van der Waals surface area contributed by atoms with E-state index in [9.17, 15) is 9.90 Å². The Labute approximate surface area is 101 Å². The summed E-state index contributed by atoms with van der Waals surface area (Å²) in [5.74, 6) is -1.25. The number of hydrogen-bond donors (Lipinski definition) is 1. The van der Waals surface area contributed by atoms with E-state index in [1.165, 1.54) is 0 Å². The van der Waals surface area contributed by atoms with Crippen molar-refractivity contribution in [3.8, 4) is 0 Å². The highest BCUT2D eigenvalue weighted by atomic mass is 16.4. The number of hydrogen-bond acceptors (Lipinski definition) is 1. The van der Waals surface area contributed by atoms with Gasteiger partial charge < -0.3 is 5.11 Å². The molecule has 2 rings (SSSR count). The minimum absolute atomic E-state index is 0.474. The predicted octanol–water partition coefficient (Wildman–Crippen LogP) is 3.10. The lowest BCUT2D eigenvalue weighted by Crippen LogP contribution is -2.14. The monoisotopic (exact) mass is 226 g/mol. The van der Waals surface area contributed by atoms with Crippen LogP contribution in [0.3, 0.4) is 0 Å². The molecule has 0 fully saturated rings. The van der Waals surface area contributed by atoms with E-state index in [1.807, 2.05) is 60.7 Å². The molecule has 0 saturated carbocycles. The average Bonchev–Trinajstić information content (AvgIpc) is 2.38. The molecule has 0 bridgehead atoms. The van der Waals surface area contributed by atoms with Gasteiger partial charge in [0.2, 0.25) is 0 Å². The second-order valence-corrected chi connectivity index (χ2v) is 3.99. The Kier molecular flexibility index (Phi) is 3.55. The normalized spacial score (nSPS) is 12.0. The van der Waals surface area contributed by atoms with Crippen LogP contribution < -0.4 is 0 Å². The lowest BCUT2D eigenvalue weighted by Gasteiger charge is -2.12. The van der Waals surface area contributed by atoms with E-state index in [0.29, 0.717) is 6.42 Å². The Morgan fingerprint density at radius 1 is 0.941 bits per heavy atom. The van der Waals surface area contributed by atoms with Crippen molar-refractivity contribution in [2.45, 2.75) is 12.3 Å². The quantitative estimate of drug-likeness (QED) is 0.869. The third kappa shape index (κ3) is 2.94. The lowest BCUT2D eigenvalue weighted by atomic mass is 9.92. The molecule has 0 radical (unpaired) electrons. The smallest absolute Gasteiger partial charge is 0.311 e. The summed E-state index contributed by atoms with van der Waals surface area (Å²) in [6.45, 7) is 0. The van der Waals surface area contributed by atoms with Gasteiger partial charge in [-0.15, -0.1) is 0 Å². The van der Waals surface area contributed by atoms with Gasteiger partial charge in [0.25, 0.3) is 0 Å². The van der Waals surface area contributed by atoms with Crippen molar-refractivity contribution in [1.29, 1.82) is 0 Å². The van der Waals surface area contributed by atoms with Gasteiger partial charge in [0.15, 0.2) is 0 Å². The minimum atomic E-state index is -0.778. The van der Waals surface area contributed by atoms with E-state index in [-0.39, 0.29) is 0 Å².